The quantitative estimate of drug-likeness (QED) is 0.864. The molecule has 1 N–H and O–H groups in total. The van der Waals surface area contributed by atoms with Crippen LogP contribution in [0.2, 0.25) is 0 Å². The van der Waals surface area contributed by atoms with Crippen LogP contribution in [0, 0.1) is 6.92 Å². The highest BCUT2D eigenvalue weighted by atomic mass is 16.3. The van der Waals surface area contributed by atoms with Gasteiger partial charge in [-0.3, -0.25) is 4.79 Å². The van der Waals surface area contributed by atoms with Crippen LogP contribution >= 0.6 is 0 Å². The minimum Gasteiger partial charge on any atom is -0.508 e. The zero-order chi connectivity index (χ0) is 12.4. The second-order valence-corrected chi connectivity index (χ2v) is 3.77. The van der Waals surface area contributed by atoms with Gasteiger partial charge in [-0.1, -0.05) is 6.07 Å². The number of furan rings is 1. The largest absolute Gasteiger partial charge is 0.508 e. The van der Waals surface area contributed by atoms with E-state index in [1.165, 1.54) is 17.2 Å². The Labute approximate surface area is 99.1 Å². The number of phenolic OH excluding ortho intramolecular Hbond substituents is 1. The van der Waals surface area contributed by atoms with Gasteiger partial charge in [0.15, 0.2) is 0 Å². The van der Waals surface area contributed by atoms with Gasteiger partial charge in [0, 0.05) is 18.8 Å². The van der Waals surface area contributed by atoms with Gasteiger partial charge < -0.3 is 14.4 Å². The SMILES string of the molecule is Cc1occc1C(=O)N(C)c1cccc(O)c1. The number of aromatic hydroxyl groups is 1. The Morgan fingerprint density at radius 1 is 1.35 bits per heavy atom. The van der Waals surface area contributed by atoms with Gasteiger partial charge >= 0.3 is 0 Å². The predicted octanol–water partition coefficient (Wildman–Crippen LogP) is 2.57. The third-order valence-corrected chi connectivity index (χ3v) is 2.61. The number of carbonyl (C=O) groups excluding carboxylic acids is 1. The van der Waals surface area contributed by atoms with Gasteiger partial charge in [-0.15, -0.1) is 0 Å². The number of nitrogens with zero attached hydrogens (tertiary/aromatic N) is 1. The zero-order valence-electron chi connectivity index (χ0n) is 9.68. The first kappa shape index (κ1) is 11.3. The molecule has 1 aromatic heterocycles. The maximum Gasteiger partial charge on any atom is 0.261 e. The summed E-state index contributed by atoms with van der Waals surface area (Å²) >= 11 is 0. The van der Waals surface area contributed by atoms with E-state index in [0.29, 0.717) is 17.0 Å². The summed E-state index contributed by atoms with van der Waals surface area (Å²) in [4.78, 5) is 13.6. The molecule has 0 radical (unpaired) electrons. The molecule has 0 saturated heterocycles. The number of benzene rings is 1. The van der Waals surface area contributed by atoms with E-state index in [0.717, 1.165) is 0 Å². The van der Waals surface area contributed by atoms with Gasteiger partial charge in [-0.05, 0) is 25.1 Å². The molecule has 0 bridgehead atoms. The molecule has 4 nitrogen and oxygen atoms in total. The van der Waals surface area contributed by atoms with E-state index in [1.807, 2.05) is 0 Å². The Balaban J connectivity index is 2.30. The Morgan fingerprint density at radius 3 is 2.71 bits per heavy atom. The molecule has 1 amide bonds. The highest BCUT2D eigenvalue weighted by Crippen LogP contribution is 2.21. The van der Waals surface area contributed by atoms with Crippen molar-refractivity contribution in [1.82, 2.24) is 0 Å². The first-order chi connectivity index (χ1) is 8.09. The predicted molar refractivity (Wildman–Crippen MR) is 64.3 cm³/mol. The first-order valence-corrected chi connectivity index (χ1v) is 5.21. The summed E-state index contributed by atoms with van der Waals surface area (Å²) in [5.74, 6) is 0.551. The summed E-state index contributed by atoms with van der Waals surface area (Å²) < 4.78 is 5.10. The number of rotatable bonds is 2. The Kier molecular flexibility index (Phi) is 2.87. The van der Waals surface area contributed by atoms with E-state index in [9.17, 15) is 9.90 Å². The van der Waals surface area contributed by atoms with Crippen molar-refractivity contribution >= 4 is 11.6 Å². The summed E-state index contributed by atoms with van der Waals surface area (Å²) in [6, 6.07) is 8.18. The molecule has 1 aromatic carbocycles. The average molecular weight is 231 g/mol. The van der Waals surface area contributed by atoms with Crippen molar-refractivity contribution in [3.63, 3.8) is 0 Å². The first-order valence-electron chi connectivity index (χ1n) is 5.21. The molecule has 0 spiro atoms. The van der Waals surface area contributed by atoms with E-state index in [-0.39, 0.29) is 11.7 Å². The number of hydrogen-bond acceptors (Lipinski definition) is 3. The number of aryl methyl sites for hydroxylation is 1. The molecule has 2 rings (SSSR count). The van der Waals surface area contributed by atoms with Crippen molar-refractivity contribution in [2.45, 2.75) is 6.92 Å². The summed E-state index contributed by atoms with van der Waals surface area (Å²) in [5, 5.41) is 9.37. The van der Waals surface area contributed by atoms with E-state index >= 15 is 0 Å². The summed E-state index contributed by atoms with van der Waals surface area (Å²) in [6.07, 6.45) is 1.48. The van der Waals surface area contributed by atoms with Crippen molar-refractivity contribution in [3.05, 3.63) is 47.9 Å². The molecule has 0 aliphatic heterocycles. The fourth-order valence-corrected chi connectivity index (χ4v) is 1.61. The molecular formula is C13H13NO3. The molecule has 4 heteroatoms. The number of phenols is 1. The van der Waals surface area contributed by atoms with Crippen molar-refractivity contribution in [1.29, 1.82) is 0 Å². The maximum absolute atomic E-state index is 12.1. The van der Waals surface area contributed by atoms with Crippen LogP contribution < -0.4 is 4.90 Å². The van der Waals surface area contributed by atoms with E-state index in [4.69, 9.17) is 4.42 Å². The van der Waals surface area contributed by atoms with Crippen LogP contribution in [-0.2, 0) is 0 Å². The number of carbonyl (C=O) groups is 1. The van der Waals surface area contributed by atoms with E-state index < -0.39 is 0 Å². The normalized spacial score (nSPS) is 10.2. The third kappa shape index (κ3) is 2.15. The fraction of sp³-hybridized carbons (Fsp3) is 0.154. The van der Waals surface area contributed by atoms with E-state index in [2.05, 4.69) is 0 Å². The van der Waals surface area contributed by atoms with Crippen molar-refractivity contribution in [2.75, 3.05) is 11.9 Å². The number of hydrogen-bond donors (Lipinski definition) is 1. The van der Waals surface area contributed by atoms with Gasteiger partial charge in [0.25, 0.3) is 5.91 Å². The van der Waals surface area contributed by atoms with Gasteiger partial charge in [0.05, 0.1) is 11.8 Å². The molecule has 0 unspecified atom stereocenters. The van der Waals surface area contributed by atoms with Crippen molar-refractivity contribution < 1.29 is 14.3 Å². The smallest absolute Gasteiger partial charge is 0.261 e. The monoisotopic (exact) mass is 231 g/mol. The second-order valence-electron chi connectivity index (χ2n) is 3.77. The molecule has 0 saturated carbocycles. The number of amides is 1. The minimum absolute atomic E-state index is 0.131. The molecule has 17 heavy (non-hydrogen) atoms. The van der Waals surface area contributed by atoms with Crippen molar-refractivity contribution in [3.8, 4) is 5.75 Å². The van der Waals surface area contributed by atoms with Crippen LogP contribution in [-0.4, -0.2) is 18.1 Å². The van der Waals surface area contributed by atoms with Crippen LogP contribution in [0.4, 0.5) is 5.69 Å². The maximum atomic E-state index is 12.1. The van der Waals surface area contributed by atoms with Crippen LogP contribution in [0.15, 0.2) is 41.0 Å². The molecule has 0 fully saturated rings. The molecular weight excluding hydrogens is 218 g/mol. The van der Waals surface area contributed by atoms with Crippen LogP contribution in [0.5, 0.6) is 5.75 Å². The summed E-state index contributed by atoms with van der Waals surface area (Å²) in [5.41, 5.74) is 1.16. The highest BCUT2D eigenvalue weighted by Gasteiger charge is 2.17. The van der Waals surface area contributed by atoms with Crippen LogP contribution in [0.1, 0.15) is 16.1 Å². The summed E-state index contributed by atoms with van der Waals surface area (Å²) in [7, 11) is 1.66. The standard InChI is InChI=1S/C13H13NO3/c1-9-12(6-7-17-9)13(16)14(2)10-4-3-5-11(15)8-10/h3-8,15H,1-2H3. The van der Waals surface area contributed by atoms with E-state index in [1.54, 1.807) is 38.2 Å². The van der Waals surface area contributed by atoms with Gasteiger partial charge in [0.1, 0.15) is 11.5 Å². The molecule has 0 aliphatic carbocycles. The van der Waals surface area contributed by atoms with Crippen LogP contribution in [0.25, 0.3) is 0 Å². The Bertz CT molecular complexity index is 545. The second kappa shape index (κ2) is 4.33. The topological polar surface area (TPSA) is 53.7 Å². The molecule has 0 atom stereocenters. The van der Waals surface area contributed by atoms with Crippen molar-refractivity contribution in [2.24, 2.45) is 0 Å². The third-order valence-electron chi connectivity index (χ3n) is 2.61. The number of anilines is 1. The fourth-order valence-electron chi connectivity index (χ4n) is 1.61. The van der Waals surface area contributed by atoms with Gasteiger partial charge in [0.2, 0.25) is 0 Å². The zero-order valence-corrected chi connectivity index (χ0v) is 9.68. The molecule has 1 heterocycles. The van der Waals surface area contributed by atoms with Crippen LogP contribution in [0.3, 0.4) is 0 Å². The summed E-state index contributed by atoms with van der Waals surface area (Å²) in [6.45, 7) is 1.74. The molecule has 2 aromatic rings. The molecule has 88 valence electrons. The van der Waals surface area contributed by atoms with Gasteiger partial charge in [-0.2, -0.15) is 0 Å². The minimum atomic E-state index is -0.165. The lowest BCUT2D eigenvalue weighted by Crippen LogP contribution is -2.26. The van der Waals surface area contributed by atoms with Gasteiger partial charge in [-0.25, -0.2) is 0 Å². The highest BCUT2D eigenvalue weighted by molar-refractivity contribution is 6.06. The lowest BCUT2D eigenvalue weighted by Gasteiger charge is -2.16. The lowest BCUT2D eigenvalue weighted by atomic mass is 10.2. The Hall–Kier alpha value is -2.23. The molecule has 0 aliphatic rings. The lowest BCUT2D eigenvalue weighted by molar-refractivity contribution is 0.0991. The average Bonchev–Trinajstić information content (AvgIpc) is 2.73. The Morgan fingerprint density at radius 2 is 2.12 bits per heavy atom.